The molecule has 2 amide bonds. The van der Waals surface area contributed by atoms with Crippen molar-refractivity contribution in [2.75, 3.05) is 68.9 Å². The van der Waals surface area contributed by atoms with E-state index in [1.165, 1.54) is 0 Å². The molecule has 0 unspecified atom stereocenters. The highest BCUT2D eigenvalue weighted by Gasteiger charge is 2.29. The van der Waals surface area contributed by atoms with Gasteiger partial charge in [-0.1, -0.05) is 12.1 Å². The molecule has 0 radical (unpaired) electrons. The van der Waals surface area contributed by atoms with Gasteiger partial charge in [0.1, 0.15) is 0 Å². The van der Waals surface area contributed by atoms with Crippen molar-refractivity contribution in [2.24, 2.45) is 0 Å². The molecule has 1 aromatic heterocycles. The molecule has 3 aromatic rings. The van der Waals surface area contributed by atoms with Gasteiger partial charge in [-0.2, -0.15) is 0 Å². The van der Waals surface area contributed by atoms with E-state index in [1.807, 2.05) is 66.4 Å². The van der Waals surface area contributed by atoms with Crippen LogP contribution in [0.2, 0.25) is 0 Å². The third kappa shape index (κ3) is 6.90. The van der Waals surface area contributed by atoms with Crippen LogP contribution in [0.25, 0.3) is 11.3 Å². The Labute approximate surface area is 229 Å². The van der Waals surface area contributed by atoms with E-state index >= 15 is 0 Å². The number of carbonyl (C=O) groups excluding carboxylic acids is 2. The average Bonchev–Trinajstić information content (AvgIpc) is 3.49. The molecule has 2 aliphatic heterocycles. The van der Waals surface area contributed by atoms with Gasteiger partial charge in [0.2, 0.25) is 17.8 Å². The van der Waals surface area contributed by atoms with Gasteiger partial charge >= 0.3 is 0 Å². The number of likely N-dealkylation sites (N-methyl/N-ethyl adjacent to an activating group) is 1. The topological polar surface area (TPSA) is 106 Å². The maximum atomic E-state index is 12.7. The monoisotopic (exact) mass is 528 g/mol. The summed E-state index contributed by atoms with van der Waals surface area (Å²) in [5.41, 5.74) is 4.50. The quantitative estimate of drug-likeness (QED) is 0.410. The zero-order valence-corrected chi connectivity index (χ0v) is 22.6. The lowest BCUT2D eigenvalue weighted by atomic mass is 10.1. The van der Waals surface area contributed by atoms with Gasteiger partial charge < -0.3 is 30.7 Å². The average molecular weight is 529 g/mol. The predicted molar refractivity (Wildman–Crippen MR) is 154 cm³/mol. The summed E-state index contributed by atoms with van der Waals surface area (Å²) in [5.74, 6) is 0.703. The van der Waals surface area contributed by atoms with Crippen molar-refractivity contribution in [1.82, 2.24) is 25.1 Å². The van der Waals surface area contributed by atoms with Crippen LogP contribution in [0.4, 0.5) is 23.0 Å². The van der Waals surface area contributed by atoms with Gasteiger partial charge in [0, 0.05) is 55.0 Å². The van der Waals surface area contributed by atoms with E-state index in [-0.39, 0.29) is 17.9 Å². The molecule has 204 valence electrons. The number of hydrogen-bond acceptors (Lipinski definition) is 8. The van der Waals surface area contributed by atoms with Gasteiger partial charge in [-0.05, 0) is 75.9 Å². The second-order valence-corrected chi connectivity index (χ2v) is 10.3. The van der Waals surface area contributed by atoms with Crippen LogP contribution in [0.5, 0.6) is 0 Å². The Morgan fingerprint density at radius 3 is 2.36 bits per heavy atom. The number of amides is 2. The van der Waals surface area contributed by atoms with E-state index in [4.69, 9.17) is 0 Å². The molecule has 0 bridgehead atoms. The lowest BCUT2D eigenvalue weighted by Gasteiger charge is -2.37. The zero-order valence-electron chi connectivity index (χ0n) is 22.6. The maximum Gasteiger partial charge on any atom is 0.239 e. The number of hydrogen-bond donors (Lipinski definition) is 3. The first-order chi connectivity index (χ1) is 18.9. The van der Waals surface area contributed by atoms with Crippen LogP contribution in [0.15, 0.2) is 60.8 Å². The first kappa shape index (κ1) is 26.6. The minimum atomic E-state index is -0.0541. The molecule has 3 N–H and O–H groups in total. The van der Waals surface area contributed by atoms with Gasteiger partial charge in [0.15, 0.2) is 0 Å². The third-order valence-electron chi connectivity index (χ3n) is 7.02. The molecule has 1 atom stereocenters. The standard InChI is InChI=1S/C29H36N8O2/c1-35(2)20-27(38)32-22-7-5-21(6-8-22)25-13-15-31-29(34-25)33-23-9-11-24(12-10-23)36-16-18-37(19-17-36)28(39)26-4-3-14-30-26/h5-13,15,26,30H,3-4,14,16-20H2,1-2H3,(H,32,38)(H,31,33,34)/t26-/m1/s1. The number of benzene rings is 2. The Morgan fingerprint density at radius 1 is 0.974 bits per heavy atom. The van der Waals surface area contributed by atoms with E-state index < -0.39 is 0 Å². The molecule has 2 aliphatic rings. The van der Waals surface area contributed by atoms with Crippen LogP contribution in [-0.2, 0) is 9.59 Å². The molecule has 2 saturated heterocycles. The molecule has 3 heterocycles. The Kier molecular flexibility index (Phi) is 8.33. The number of rotatable bonds is 8. The van der Waals surface area contributed by atoms with Crippen molar-refractivity contribution in [3.8, 4) is 11.3 Å². The fourth-order valence-electron chi connectivity index (χ4n) is 4.98. The summed E-state index contributed by atoms with van der Waals surface area (Å²) >= 11 is 0. The predicted octanol–water partition coefficient (Wildman–Crippen LogP) is 2.79. The number of anilines is 4. The van der Waals surface area contributed by atoms with Gasteiger partial charge in [0.05, 0.1) is 18.3 Å². The highest BCUT2D eigenvalue weighted by atomic mass is 16.2. The number of aromatic nitrogens is 2. The fourth-order valence-corrected chi connectivity index (χ4v) is 4.98. The summed E-state index contributed by atoms with van der Waals surface area (Å²) in [5, 5.41) is 9.50. The highest BCUT2D eigenvalue weighted by molar-refractivity contribution is 5.92. The molecule has 0 aliphatic carbocycles. The maximum absolute atomic E-state index is 12.7. The Balaban J connectivity index is 1.15. The van der Waals surface area contributed by atoms with Crippen molar-refractivity contribution < 1.29 is 9.59 Å². The molecular weight excluding hydrogens is 492 g/mol. The van der Waals surface area contributed by atoms with Crippen LogP contribution in [0, 0.1) is 0 Å². The molecule has 0 spiro atoms. The molecule has 5 rings (SSSR count). The van der Waals surface area contributed by atoms with Crippen LogP contribution < -0.4 is 20.9 Å². The molecule has 2 aromatic carbocycles. The van der Waals surface area contributed by atoms with E-state index in [1.54, 1.807) is 6.20 Å². The van der Waals surface area contributed by atoms with E-state index in [9.17, 15) is 9.59 Å². The Hall–Kier alpha value is -4.02. The van der Waals surface area contributed by atoms with Crippen molar-refractivity contribution in [3.05, 3.63) is 60.8 Å². The molecule has 10 heteroatoms. The summed E-state index contributed by atoms with van der Waals surface area (Å²) in [6, 6.07) is 17.7. The second-order valence-electron chi connectivity index (χ2n) is 10.3. The molecule has 0 saturated carbocycles. The Morgan fingerprint density at radius 2 is 1.69 bits per heavy atom. The smallest absolute Gasteiger partial charge is 0.239 e. The fraction of sp³-hybridized carbons (Fsp3) is 0.379. The van der Waals surface area contributed by atoms with E-state index in [0.29, 0.717) is 12.5 Å². The zero-order chi connectivity index (χ0) is 27.2. The first-order valence-electron chi connectivity index (χ1n) is 13.5. The first-order valence-corrected chi connectivity index (χ1v) is 13.5. The SMILES string of the molecule is CN(C)CC(=O)Nc1ccc(-c2ccnc(Nc3ccc(N4CCN(C(=O)[C@H]5CCCN5)CC4)cc3)n2)cc1. The highest BCUT2D eigenvalue weighted by Crippen LogP contribution is 2.24. The van der Waals surface area contributed by atoms with E-state index in [2.05, 4.69) is 43.0 Å². The van der Waals surface area contributed by atoms with Crippen LogP contribution in [0.3, 0.4) is 0 Å². The Bertz CT molecular complexity index is 1270. The molecule has 2 fully saturated rings. The van der Waals surface area contributed by atoms with E-state index in [0.717, 1.165) is 73.9 Å². The lowest BCUT2D eigenvalue weighted by molar-refractivity contribution is -0.133. The van der Waals surface area contributed by atoms with Crippen LogP contribution >= 0.6 is 0 Å². The van der Waals surface area contributed by atoms with Gasteiger partial charge in [-0.25, -0.2) is 9.97 Å². The minimum absolute atomic E-state index is 0.00254. The van der Waals surface area contributed by atoms with Crippen LogP contribution in [0.1, 0.15) is 12.8 Å². The normalized spacial score (nSPS) is 17.4. The third-order valence-corrected chi connectivity index (χ3v) is 7.02. The lowest BCUT2D eigenvalue weighted by Crippen LogP contribution is -2.53. The summed E-state index contributed by atoms with van der Waals surface area (Å²) < 4.78 is 0. The van der Waals surface area contributed by atoms with Gasteiger partial charge in [-0.15, -0.1) is 0 Å². The number of nitrogens with one attached hydrogen (secondary N) is 3. The van der Waals surface area contributed by atoms with Crippen molar-refractivity contribution in [2.45, 2.75) is 18.9 Å². The van der Waals surface area contributed by atoms with Crippen molar-refractivity contribution in [1.29, 1.82) is 0 Å². The summed E-state index contributed by atoms with van der Waals surface area (Å²) in [6.45, 7) is 4.43. The number of nitrogens with zero attached hydrogens (tertiary/aromatic N) is 5. The van der Waals surface area contributed by atoms with Crippen molar-refractivity contribution >= 4 is 34.8 Å². The van der Waals surface area contributed by atoms with Crippen molar-refractivity contribution in [3.63, 3.8) is 0 Å². The van der Waals surface area contributed by atoms with Gasteiger partial charge in [0.25, 0.3) is 0 Å². The summed E-state index contributed by atoms with van der Waals surface area (Å²) in [6.07, 6.45) is 3.76. The van der Waals surface area contributed by atoms with Crippen LogP contribution in [-0.4, -0.2) is 91.0 Å². The summed E-state index contributed by atoms with van der Waals surface area (Å²) in [7, 11) is 3.72. The molecule has 10 nitrogen and oxygen atoms in total. The summed E-state index contributed by atoms with van der Waals surface area (Å²) in [4.78, 5) is 39.8. The largest absolute Gasteiger partial charge is 0.368 e. The second kappa shape index (κ2) is 12.2. The van der Waals surface area contributed by atoms with Gasteiger partial charge in [-0.3, -0.25) is 9.59 Å². The minimum Gasteiger partial charge on any atom is -0.368 e. The number of carbonyl (C=O) groups is 2. The molecular formula is C29H36N8O2. The number of piperazine rings is 1. The molecule has 39 heavy (non-hydrogen) atoms.